The topological polar surface area (TPSA) is 50.7 Å². The molecule has 1 N–H and O–H groups in total. The number of para-hydroxylation sites is 1. The lowest BCUT2D eigenvalue weighted by molar-refractivity contribution is 0.0955. The van der Waals surface area contributed by atoms with Crippen LogP contribution in [0.25, 0.3) is 0 Å². The summed E-state index contributed by atoms with van der Waals surface area (Å²) in [6.45, 7) is 0.445. The fourth-order valence-electron chi connectivity index (χ4n) is 2.32. The number of halogens is 1. The summed E-state index contributed by atoms with van der Waals surface area (Å²) in [7, 11) is 0. The number of hydrogen-bond acceptors (Lipinski definition) is 3. The van der Waals surface area contributed by atoms with Gasteiger partial charge < -0.3 is 4.74 Å². The fraction of sp³-hybridized carbons (Fsp3) is 0.0476. The zero-order valence-corrected chi connectivity index (χ0v) is 15.5. The first kappa shape index (κ1) is 17.9. The van der Waals surface area contributed by atoms with Crippen LogP contribution in [0.4, 0.5) is 0 Å². The summed E-state index contributed by atoms with van der Waals surface area (Å²) in [4.78, 5) is 12.0. The number of ether oxygens (including phenoxy) is 1. The number of hydrogen-bond donors (Lipinski definition) is 1. The normalized spacial score (nSPS) is 10.7. The van der Waals surface area contributed by atoms with Gasteiger partial charge in [-0.05, 0) is 42.0 Å². The summed E-state index contributed by atoms with van der Waals surface area (Å²) in [6.07, 6.45) is 1.58. The SMILES string of the molecule is O=C(N/N=C/c1ccccc1OCc1cccc(Br)c1)c1ccccc1. The van der Waals surface area contributed by atoms with Crippen LogP contribution in [0.2, 0.25) is 0 Å². The van der Waals surface area contributed by atoms with Crippen LogP contribution in [-0.4, -0.2) is 12.1 Å². The van der Waals surface area contributed by atoms with Crippen LogP contribution in [-0.2, 0) is 6.61 Å². The number of carbonyl (C=O) groups excluding carboxylic acids is 1. The summed E-state index contributed by atoms with van der Waals surface area (Å²) in [6, 6.07) is 24.5. The molecular weight excluding hydrogens is 392 g/mol. The molecule has 0 spiro atoms. The Balaban J connectivity index is 1.64. The molecule has 130 valence electrons. The van der Waals surface area contributed by atoms with E-state index in [1.807, 2.05) is 66.7 Å². The largest absolute Gasteiger partial charge is 0.488 e. The van der Waals surface area contributed by atoms with E-state index in [4.69, 9.17) is 4.74 Å². The van der Waals surface area contributed by atoms with Gasteiger partial charge in [0.05, 0.1) is 6.21 Å². The van der Waals surface area contributed by atoms with Crippen molar-refractivity contribution in [1.82, 2.24) is 5.43 Å². The first-order chi connectivity index (χ1) is 12.7. The van der Waals surface area contributed by atoms with Gasteiger partial charge in [-0.1, -0.05) is 58.4 Å². The predicted octanol–water partition coefficient (Wildman–Crippen LogP) is 4.79. The highest BCUT2D eigenvalue weighted by Crippen LogP contribution is 2.19. The van der Waals surface area contributed by atoms with E-state index in [0.29, 0.717) is 17.9 Å². The average molecular weight is 409 g/mol. The van der Waals surface area contributed by atoms with Crippen LogP contribution in [0, 0.1) is 0 Å². The smallest absolute Gasteiger partial charge is 0.271 e. The summed E-state index contributed by atoms with van der Waals surface area (Å²) >= 11 is 3.45. The van der Waals surface area contributed by atoms with Gasteiger partial charge in [-0.15, -0.1) is 0 Å². The third-order valence-electron chi connectivity index (χ3n) is 3.61. The lowest BCUT2D eigenvalue weighted by Crippen LogP contribution is -2.17. The van der Waals surface area contributed by atoms with Crippen LogP contribution in [0.15, 0.2) is 88.4 Å². The van der Waals surface area contributed by atoms with Gasteiger partial charge >= 0.3 is 0 Å². The van der Waals surface area contributed by atoms with Gasteiger partial charge in [0, 0.05) is 15.6 Å². The summed E-state index contributed by atoms with van der Waals surface area (Å²) < 4.78 is 6.91. The molecule has 0 saturated carbocycles. The van der Waals surface area contributed by atoms with E-state index < -0.39 is 0 Å². The lowest BCUT2D eigenvalue weighted by atomic mass is 10.2. The first-order valence-corrected chi connectivity index (χ1v) is 8.86. The highest BCUT2D eigenvalue weighted by Gasteiger charge is 2.04. The Morgan fingerprint density at radius 1 is 1.00 bits per heavy atom. The fourth-order valence-corrected chi connectivity index (χ4v) is 2.77. The molecule has 0 heterocycles. The van der Waals surface area contributed by atoms with Crippen LogP contribution >= 0.6 is 15.9 Å². The number of nitrogens with zero attached hydrogens (tertiary/aromatic N) is 1. The Morgan fingerprint density at radius 3 is 2.58 bits per heavy atom. The Bertz CT molecular complexity index is 911. The molecule has 3 aromatic rings. The second-order valence-electron chi connectivity index (χ2n) is 5.52. The Kier molecular flexibility index (Phi) is 6.17. The van der Waals surface area contributed by atoms with Gasteiger partial charge in [-0.25, -0.2) is 5.43 Å². The maximum Gasteiger partial charge on any atom is 0.271 e. The molecule has 0 aliphatic carbocycles. The number of hydrazone groups is 1. The number of carbonyl (C=O) groups is 1. The van der Waals surface area contributed by atoms with Gasteiger partial charge in [-0.2, -0.15) is 5.10 Å². The monoisotopic (exact) mass is 408 g/mol. The molecule has 0 unspecified atom stereocenters. The standard InChI is InChI=1S/C21H17BrN2O2/c22-19-11-6-7-16(13-19)15-26-20-12-5-4-10-18(20)14-23-24-21(25)17-8-2-1-3-9-17/h1-14H,15H2,(H,24,25)/b23-14+. The maximum absolute atomic E-state index is 12.0. The highest BCUT2D eigenvalue weighted by atomic mass is 79.9. The van der Waals surface area contributed by atoms with E-state index in [1.54, 1.807) is 18.3 Å². The molecule has 0 atom stereocenters. The highest BCUT2D eigenvalue weighted by molar-refractivity contribution is 9.10. The number of nitrogens with one attached hydrogen (secondary N) is 1. The van der Waals surface area contributed by atoms with Crippen LogP contribution in [0.3, 0.4) is 0 Å². The first-order valence-electron chi connectivity index (χ1n) is 8.07. The van der Waals surface area contributed by atoms with E-state index in [2.05, 4.69) is 26.5 Å². The minimum atomic E-state index is -0.255. The average Bonchev–Trinajstić information content (AvgIpc) is 2.68. The quantitative estimate of drug-likeness (QED) is 0.470. The zero-order chi connectivity index (χ0) is 18.2. The molecule has 0 aliphatic rings. The molecule has 0 fully saturated rings. The summed E-state index contributed by atoms with van der Waals surface area (Å²) in [5.41, 5.74) is 4.93. The second-order valence-corrected chi connectivity index (χ2v) is 6.44. The molecule has 4 nitrogen and oxygen atoms in total. The van der Waals surface area contributed by atoms with Gasteiger partial charge in [0.25, 0.3) is 5.91 Å². The van der Waals surface area contributed by atoms with Crippen molar-refractivity contribution < 1.29 is 9.53 Å². The molecule has 0 aliphatic heterocycles. The van der Waals surface area contributed by atoms with E-state index in [0.717, 1.165) is 15.6 Å². The minimum absolute atomic E-state index is 0.255. The van der Waals surface area contributed by atoms with Crippen LogP contribution in [0.1, 0.15) is 21.5 Å². The maximum atomic E-state index is 12.0. The molecule has 3 aromatic carbocycles. The number of amides is 1. The van der Waals surface area contributed by atoms with Crippen molar-refractivity contribution in [3.8, 4) is 5.75 Å². The van der Waals surface area contributed by atoms with Crippen molar-refractivity contribution in [2.24, 2.45) is 5.10 Å². The predicted molar refractivity (Wildman–Crippen MR) is 106 cm³/mol. The van der Waals surface area contributed by atoms with E-state index >= 15 is 0 Å². The van der Waals surface area contributed by atoms with E-state index in [1.165, 1.54) is 0 Å². The van der Waals surface area contributed by atoms with Crippen molar-refractivity contribution in [1.29, 1.82) is 0 Å². The van der Waals surface area contributed by atoms with Crippen LogP contribution in [0.5, 0.6) is 5.75 Å². The minimum Gasteiger partial charge on any atom is -0.488 e. The van der Waals surface area contributed by atoms with Crippen molar-refractivity contribution in [2.75, 3.05) is 0 Å². The summed E-state index contributed by atoms with van der Waals surface area (Å²) in [5, 5.41) is 4.04. The van der Waals surface area contributed by atoms with Gasteiger partial charge in [-0.3, -0.25) is 4.79 Å². The second kappa shape index (κ2) is 8.97. The summed E-state index contributed by atoms with van der Waals surface area (Å²) in [5.74, 6) is 0.444. The molecule has 0 radical (unpaired) electrons. The third-order valence-corrected chi connectivity index (χ3v) is 4.10. The van der Waals surface area contributed by atoms with E-state index in [-0.39, 0.29) is 5.91 Å². The lowest BCUT2D eigenvalue weighted by Gasteiger charge is -2.09. The number of rotatable bonds is 6. The third kappa shape index (κ3) is 5.04. The molecular formula is C21H17BrN2O2. The van der Waals surface area contributed by atoms with Crippen molar-refractivity contribution in [2.45, 2.75) is 6.61 Å². The van der Waals surface area contributed by atoms with Crippen molar-refractivity contribution >= 4 is 28.1 Å². The molecule has 3 rings (SSSR count). The van der Waals surface area contributed by atoms with Crippen LogP contribution < -0.4 is 10.2 Å². The van der Waals surface area contributed by atoms with Gasteiger partial charge in [0.15, 0.2) is 0 Å². The van der Waals surface area contributed by atoms with Crippen molar-refractivity contribution in [3.63, 3.8) is 0 Å². The molecule has 26 heavy (non-hydrogen) atoms. The zero-order valence-electron chi connectivity index (χ0n) is 13.9. The Hall–Kier alpha value is -2.92. The Morgan fingerprint density at radius 2 is 1.77 bits per heavy atom. The molecule has 0 saturated heterocycles. The van der Waals surface area contributed by atoms with Gasteiger partial charge in [0.2, 0.25) is 0 Å². The molecule has 0 bridgehead atoms. The molecule has 5 heteroatoms. The van der Waals surface area contributed by atoms with Crippen molar-refractivity contribution in [3.05, 3.63) is 100 Å². The van der Waals surface area contributed by atoms with E-state index in [9.17, 15) is 4.79 Å². The molecule has 1 amide bonds. The Labute approximate surface area is 160 Å². The molecule has 0 aromatic heterocycles. The van der Waals surface area contributed by atoms with Gasteiger partial charge in [0.1, 0.15) is 12.4 Å². The number of benzene rings is 3.